The second-order valence-electron chi connectivity index (χ2n) is 11.7. The first-order valence-electron chi connectivity index (χ1n) is 13.8. The Bertz CT molecular complexity index is 1020. The number of rotatable bonds is 11. The highest BCUT2D eigenvalue weighted by Crippen LogP contribution is 2.57. The van der Waals surface area contributed by atoms with Crippen molar-refractivity contribution < 1.29 is 19.2 Å². The molecule has 6 nitrogen and oxygen atoms in total. The topological polar surface area (TPSA) is 74.8 Å². The van der Waals surface area contributed by atoms with Crippen LogP contribution in [0.1, 0.15) is 51.4 Å². The maximum absolute atomic E-state index is 13.1. The van der Waals surface area contributed by atoms with Gasteiger partial charge in [0.2, 0.25) is 23.6 Å². The van der Waals surface area contributed by atoms with E-state index < -0.39 is 0 Å². The molecule has 190 valence electrons. The van der Waals surface area contributed by atoms with Crippen LogP contribution in [0.15, 0.2) is 48.6 Å². The zero-order valence-electron chi connectivity index (χ0n) is 20.9. The van der Waals surface area contributed by atoms with Crippen LogP contribution >= 0.6 is 0 Å². The van der Waals surface area contributed by atoms with Crippen molar-refractivity contribution in [2.45, 2.75) is 51.4 Å². The van der Waals surface area contributed by atoms with Crippen molar-refractivity contribution in [1.82, 2.24) is 9.80 Å². The van der Waals surface area contributed by atoms with Gasteiger partial charge in [-0.25, -0.2) is 0 Å². The Labute approximate surface area is 213 Å². The van der Waals surface area contributed by atoms with E-state index in [4.69, 9.17) is 0 Å². The van der Waals surface area contributed by atoms with Crippen LogP contribution in [0.5, 0.6) is 0 Å². The van der Waals surface area contributed by atoms with Gasteiger partial charge in [0, 0.05) is 13.1 Å². The summed E-state index contributed by atoms with van der Waals surface area (Å²) in [5.41, 5.74) is 2.57. The van der Waals surface area contributed by atoms with Crippen molar-refractivity contribution in [2.24, 2.45) is 47.3 Å². The molecule has 36 heavy (non-hydrogen) atoms. The smallest absolute Gasteiger partial charge is 0.233 e. The largest absolute Gasteiger partial charge is 0.282 e. The van der Waals surface area contributed by atoms with Crippen LogP contribution in [0.2, 0.25) is 0 Å². The maximum Gasteiger partial charge on any atom is 0.233 e. The van der Waals surface area contributed by atoms with Gasteiger partial charge in [-0.3, -0.25) is 29.0 Å². The minimum Gasteiger partial charge on any atom is -0.282 e. The monoisotopic (exact) mass is 488 g/mol. The normalized spacial score (nSPS) is 37.7. The number of amides is 4. The zero-order valence-corrected chi connectivity index (χ0v) is 20.9. The molecule has 0 spiro atoms. The minimum absolute atomic E-state index is 0.0188. The molecule has 0 aromatic rings. The second-order valence-corrected chi connectivity index (χ2v) is 11.7. The Kier molecular flexibility index (Phi) is 5.88. The minimum atomic E-state index is -0.161. The molecule has 4 aliphatic carbocycles. The number of imide groups is 2. The average Bonchev–Trinajstić information content (AvgIpc) is 3.68. The molecule has 4 fully saturated rings. The van der Waals surface area contributed by atoms with Crippen molar-refractivity contribution in [3.63, 3.8) is 0 Å². The number of allylic oxidation sites excluding steroid dienone is 6. The van der Waals surface area contributed by atoms with Gasteiger partial charge >= 0.3 is 0 Å². The molecule has 0 aromatic carbocycles. The highest BCUT2D eigenvalue weighted by Gasteiger charge is 2.61. The van der Waals surface area contributed by atoms with Crippen LogP contribution in [0.3, 0.4) is 0 Å². The highest BCUT2D eigenvalue weighted by atomic mass is 16.2. The quantitative estimate of drug-likeness (QED) is 0.250. The molecule has 6 aliphatic rings. The number of hydrogen-bond donors (Lipinski definition) is 0. The van der Waals surface area contributed by atoms with Gasteiger partial charge in [-0.15, -0.1) is 13.2 Å². The molecule has 2 aliphatic heterocycles. The molecular weight excluding hydrogens is 452 g/mol. The van der Waals surface area contributed by atoms with Gasteiger partial charge in [-0.05, 0) is 62.2 Å². The standard InChI is InChI=1S/C30H36N2O4/c1-3-9-17-13-19-15-21(17)25-23(19)27(33)31(29(25)35)11-7-5-6-8-12-32-28(34)24-20-14-18(10-4-2)22(16-20)26(24)30(32)36/h3-4,13-14,19-26H,1-2,5-12,15-16H2. The van der Waals surface area contributed by atoms with E-state index in [1.54, 1.807) is 0 Å². The molecule has 8 atom stereocenters. The summed E-state index contributed by atoms with van der Waals surface area (Å²) in [6.07, 6.45) is 15.0. The fourth-order valence-electron chi connectivity index (χ4n) is 8.48. The Balaban J connectivity index is 0.957. The van der Waals surface area contributed by atoms with Crippen LogP contribution < -0.4 is 0 Å². The molecule has 2 saturated carbocycles. The first-order chi connectivity index (χ1) is 17.5. The molecule has 4 amide bonds. The van der Waals surface area contributed by atoms with Gasteiger partial charge in [0.15, 0.2) is 0 Å². The first-order valence-corrected chi connectivity index (χ1v) is 13.8. The lowest BCUT2D eigenvalue weighted by atomic mass is 9.80. The number of unbranched alkanes of at least 4 members (excludes halogenated alkanes) is 3. The summed E-state index contributed by atoms with van der Waals surface area (Å²) < 4.78 is 0. The van der Waals surface area contributed by atoms with Gasteiger partial charge in [0.05, 0.1) is 23.7 Å². The van der Waals surface area contributed by atoms with Crippen molar-refractivity contribution in [3.8, 4) is 0 Å². The van der Waals surface area contributed by atoms with Gasteiger partial charge in [0.25, 0.3) is 0 Å². The van der Waals surface area contributed by atoms with Gasteiger partial charge in [-0.1, -0.05) is 48.3 Å². The van der Waals surface area contributed by atoms with Crippen LogP contribution in [0.4, 0.5) is 0 Å². The number of carbonyl (C=O) groups is 4. The zero-order chi connectivity index (χ0) is 25.1. The van der Waals surface area contributed by atoms with Crippen molar-refractivity contribution in [2.75, 3.05) is 13.1 Å². The van der Waals surface area contributed by atoms with Crippen LogP contribution in [0, 0.1) is 47.3 Å². The van der Waals surface area contributed by atoms with E-state index in [-0.39, 0.29) is 71.0 Å². The molecule has 6 heteroatoms. The molecule has 0 N–H and O–H groups in total. The average molecular weight is 489 g/mol. The molecule has 0 aromatic heterocycles. The van der Waals surface area contributed by atoms with Crippen molar-refractivity contribution in [1.29, 1.82) is 0 Å². The third kappa shape index (κ3) is 3.36. The van der Waals surface area contributed by atoms with Crippen molar-refractivity contribution >= 4 is 23.6 Å². The molecule has 4 bridgehead atoms. The lowest BCUT2D eigenvalue weighted by Crippen LogP contribution is -2.34. The molecule has 0 radical (unpaired) electrons. The summed E-state index contributed by atoms with van der Waals surface area (Å²) >= 11 is 0. The molecule has 8 unspecified atom stereocenters. The first kappa shape index (κ1) is 23.6. The Morgan fingerprint density at radius 1 is 0.639 bits per heavy atom. The molecule has 2 saturated heterocycles. The fourth-order valence-corrected chi connectivity index (χ4v) is 8.48. The maximum atomic E-state index is 13.1. The number of carbonyl (C=O) groups excluding carboxylic acids is 4. The van der Waals surface area contributed by atoms with Crippen LogP contribution in [-0.4, -0.2) is 46.5 Å². The number of nitrogens with zero attached hydrogens (tertiary/aromatic N) is 2. The number of hydrogen-bond acceptors (Lipinski definition) is 4. The number of likely N-dealkylation sites (tertiary alicyclic amines) is 2. The Morgan fingerprint density at radius 2 is 1.03 bits per heavy atom. The van der Waals surface area contributed by atoms with Crippen LogP contribution in [-0.2, 0) is 19.2 Å². The molecule has 6 rings (SSSR count). The second kappa shape index (κ2) is 8.97. The summed E-state index contributed by atoms with van der Waals surface area (Å²) in [5.74, 6) is 0.304. The third-order valence-corrected chi connectivity index (χ3v) is 9.90. The Hall–Kier alpha value is -2.76. The lowest BCUT2D eigenvalue weighted by molar-refractivity contribution is -0.142. The van der Waals surface area contributed by atoms with E-state index in [2.05, 4.69) is 25.3 Å². The predicted octanol–water partition coefficient (Wildman–Crippen LogP) is 4.05. The predicted molar refractivity (Wildman–Crippen MR) is 135 cm³/mol. The third-order valence-electron chi connectivity index (χ3n) is 9.90. The summed E-state index contributed by atoms with van der Waals surface area (Å²) in [6.45, 7) is 8.61. The summed E-state index contributed by atoms with van der Waals surface area (Å²) in [6, 6.07) is 0. The van der Waals surface area contributed by atoms with Crippen LogP contribution in [0.25, 0.3) is 0 Å². The summed E-state index contributed by atoms with van der Waals surface area (Å²) in [5, 5.41) is 0. The highest BCUT2D eigenvalue weighted by molar-refractivity contribution is 6.07. The Morgan fingerprint density at radius 3 is 1.42 bits per heavy atom. The van der Waals surface area contributed by atoms with E-state index in [0.717, 1.165) is 51.4 Å². The van der Waals surface area contributed by atoms with E-state index >= 15 is 0 Å². The summed E-state index contributed by atoms with van der Waals surface area (Å²) in [4.78, 5) is 55.2. The van der Waals surface area contributed by atoms with E-state index in [0.29, 0.717) is 13.1 Å². The van der Waals surface area contributed by atoms with Gasteiger partial charge < -0.3 is 0 Å². The molecular formula is C30H36N2O4. The van der Waals surface area contributed by atoms with Crippen molar-refractivity contribution in [3.05, 3.63) is 48.6 Å². The van der Waals surface area contributed by atoms with E-state index in [9.17, 15) is 19.2 Å². The number of fused-ring (bicyclic) bond motifs is 10. The lowest BCUT2D eigenvalue weighted by Gasteiger charge is -2.21. The summed E-state index contributed by atoms with van der Waals surface area (Å²) in [7, 11) is 0. The van der Waals surface area contributed by atoms with Gasteiger partial charge in [0.1, 0.15) is 0 Å². The van der Waals surface area contributed by atoms with Gasteiger partial charge in [-0.2, -0.15) is 0 Å². The fraction of sp³-hybridized carbons (Fsp3) is 0.600. The van der Waals surface area contributed by atoms with E-state index in [1.165, 1.54) is 20.9 Å². The van der Waals surface area contributed by atoms with E-state index in [1.807, 2.05) is 12.2 Å². The SMILES string of the molecule is C=CCC1=CC2CC1C1C(=O)N(CCCCCCN3C(=O)C4C5C=C(CC=C)C(C5)C4C3=O)C(=O)C21. The molecule has 2 heterocycles.